The molecular weight excluding hydrogens is 322 g/mol. The number of halogens is 1. The van der Waals surface area contributed by atoms with Gasteiger partial charge in [-0.2, -0.15) is 0 Å². The predicted molar refractivity (Wildman–Crippen MR) is 80.7 cm³/mol. The molecule has 0 radical (unpaired) electrons. The van der Waals surface area contributed by atoms with E-state index in [1.165, 1.54) is 12.8 Å². The summed E-state index contributed by atoms with van der Waals surface area (Å²) in [4.78, 5) is 26.3. The van der Waals surface area contributed by atoms with Gasteiger partial charge in [0.05, 0.1) is 4.83 Å². The number of fused-ring (bicyclic) bond motifs is 1. The number of ether oxygens (including phenoxy) is 1. The lowest BCUT2D eigenvalue weighted by molar-refractivity contribution is -0.188. The van der Waals surface area contributed by atoms with Gasteiger partial charge in [-0.05, 0) is 26.2 Å². The van der Waals surface area contributed by atoms with Gasteiger partial charge >= 0.3 is 5.97 Å². The van der Waals surface area contributed by atoms with Crippen LogP contribution in [0.4, 0.5) is 0 Å². The van der Waals surface area contributed by atoms with E-state index in [-0.39, 0.29) is 22.7 Å². The third-order valence-corrected chi connectivity index (χ3v) is 5.76. The fraction of sp³-hybridized carbons (Fsp3) is 0.867. The topological polar surface area (TPSA) is 46.6 Å². The van der Waals surface area contributed by atoms with Gasteiger partial charge in [0.1, 0.15) is 6.04 Å². The standard InChI is InChI=1S/C15H24BrNO3/c1-3-4-5-6-9-12(16)15(2)14(19)17-10-7-8-11(17)13(18)20-15/h11-12H,3-10H2,1-2H3/t11-,12+,15+/m0/s1. The highest BCUT2D eigenvalue weighted by Crippen LogP contribution is 2.36. The van der Waals surface area contributed by atoms with E-state index in [2.05, 4.69) is 22.9 Å². The van der Waals surface area contributed by atoms with Gasteiger partial charge in [0.25, 0.3) is 5.91 Å². The summed E-state index contributed by atoms with van der Waals surface area (Å²) >= 11 is 3.59. The van der Waals surface area contributed by atoms with Gasteiger partial charge in [-0.3, -0.25) is 4.79 Å². The van der Waals surface area contributed by atoms with Crippen LogP contribution in [0.2, 0.25) is 0 Å². The Morgan fingerprint density at radius 3 is 2.85 bits per heavy atom. The molecule has 2 heterocycles. The molecule has 2 rings (SSSR count). The number of hydrogen-bond donors (Lipinski definition) is 0. The second-order valence-electron chi connectivity index (χ2n) is 6.00. The molecule has 4 nitrogen and oxygen atoms in total. The number of esters is 1. The Morgan fingerprint density at radius 1 is 1.40 bits per heavy atom. The fourth-order valence-electron chi connectivity index (χ4n) is 3.08. The van der Waals surface area contributed by atoms with Gasteiger partial charge in [0.15, 0.2) is 5.60 Å². The molecule has 0 saturated carbocycles. The van der Waals surface area contributed by atoms with Gasteiger partial charge in [-0.15, -0.1) is 0 Å². The minimum absolute atomic E-state index is 0.0306. The number of carbonyl (C=O) groups excluding carboxylic acids is 2. The first kappa shape index (κ1) is 15.8. The van der Waals surface area contributed by atoms with E-state index in [1.54, 1.807) is 11.8 Å². The summed E-state index contributed by atoms with van der Waals surface area (Å²) in [5, 5.41) is 0. The molecule has 0 spiro atoms. The maximum Gasteiger partial charge on any atom is 0.329 e. The number of alkyl halides is 1. The van der Waals surface area contributed by atoms with Crippen LogP contribution in [0.5, 0.6) is 0 Å². The van der Waals surface area contributed by atoms with Crippen LogP contribution in [0, 0.1) is 0 Å². The van der Waals surface area contributed by atoms with Gasteiger partial charge in [0.2, 0.25) is 0 Å². The molecule has 3 atom stereocenters. The van der Waals surface area contributed by atoms with Crippen molar-refractivity contribution in [3.63, 3.8) is 0 Å². The van der Waals surface area contributed by atoms with Crippen molar-refractivity contribution in [2.24, 2.45) is 0 Å². The number of rotatable bonds is 6. The molecule has 1 amide bonds. The van der Waals surface area contributed by atoms with Crippen LogP contribution in [0.15, 0.2) is 0 Å². The predicted octanol–water partition coefficient (Wildman–Crippen LogP) is 3.03. The Hall–Kier alpha value is -0.580. The van der Waals surface area contributed by atoms with Crippen LogP contribution in [0.25, 0.3) is 0 Å². The summed E-state index contributed by atoms with van der Waals surface area (Å²) in [5.74, 6) is -0.264. The van der Waals surface area contributed by atoms with Crippen molar-refractivity contribution < 1.29 is 14.3 Å². The Balaban J connectivity index is 2.00. The van der Waals surface area contributed by atoms with Gasteiger partial charge in [0, 0.05) is 6.54 Å². The highest BCUT2D eigenvalue weighted by molar-refractivity contribution is 9.09. The van der Waals surface area contributed by atoms with Gasteiger partial charge in [-0.25, -0.2) is 4.79 Å². The summed E-state index contributed by atoms with van der Waals surface area (Å²) in [6.45, 7) is 4.61. The molecule has 0 aromatic rings. The monoisotopic (exact) mass is 345 g/mol. The molecule has 2 fully saturated rings. The number of nitrogens with zero attached hydrogens (tertiary/aromatic N) is 1. The Morgan fingerprint density at radius 2 is 2.15 bits per heavy atom. The fourth-order valence-corrected chi connectivity index (χ4v) is 3.70. The Kier molecular flexibility index (Phi) is 5.10. The highest BCUT2D eigenvalue weighted by Gasteiger charge is 2.54. The Bertz CT molecular complexity index is 387. The number of carbonyl (C=O) groups is 2. The van der Waals surface area contributed by atoms with Gasteiger partial charge < -0.3 is 9.64 Å². The molecule has 114 valence electrons. The second-order valence-corrected chi connectivity index (χ2v) is 7.11. The van der Waals surface area contributed by atoms with Crippen LogP contribution in [-0.4, -0.2) is 39.8 Å². The largest absolute Gasteiger partial charge is 0.446 e. The van der Waals surface area contributed by atoms with Crippen molar-refractivity contribution in [1.29, 1.82) is 0 Å². The molecule has 0 aliphatic carbocycles. The third-order valence-electron chi connectivity index (χ3n) is 4.43. The summed E-state index contributed by atoms with van der Waals surface area (Å²) in [7, 11) is 0. The first-order valence-corrected chi connectivity index (χ1v) is 8.60. The van der Waals surface area contributed by atoms with E-state index in [1.807, 2.05) is 0 Å². The smallest absolute Gasteiger partial charge is 0.329 e. The number of amides is 1. The maximum absolute atomic E-state index is 12.6. The molecule has 0 bridgehead atoms. The molecule has 5 heteroatoms. The minimum Gasteiger partial charge on any atom is -0.446 e. The Labute approximate surface area is 129 Å². The van der Waals surface area contributed by atoms with Crippen LogP contribution in [0.1, 0.15) is 58.8 Å². The van der Waals surface area contributed by atoms with Crippen LogP contribution >= 0.6 is 15.9 Å². The molecule has 0 aromatic heterocycles. The molecular formula is C15H24BrNO3. The average molecular weight is 346 g/mol. The molecule has 0 aromatic carbocycles. The molecule has 0 N–H and O–H groups in total. The quantitative estimate of drug-likeness (QED) is 0.422. The van der Waals surface area contributed by atoms with E-state index in [9.17, 15) is 9.59 Å². The third kappa shape index (κ3) is 2.87. The zero-order valence-electron chi connectivity index (χ0n) is 12.4. The summed E-state index contributed by atoms with van der Waals surface area (Å²) < 4.78 is 5.54. The van der Waals surface area contributed by atoms with Crippen LogP contribution in [-0.2, 0) is 14.3 Å². The van der Waals surface area contributed by atoms with Crippen molar-refractivity contribution in [2.45, 2.75) is 75.3 Å². The molecule has 2 aliphatic heterocycles. The maximum atomic E-state index is 12.6. The number of unbranched alkanes of at least 4 members (excludes halogenated alkanes) is 3. The molecule has 0 unspecified atom stereocenters. The lowest BCUT2D eigenvalue weighted by Crippen LogP contribution is -2.63. The van der Waals surface area contributed by atoms with Crippen molar-refractivity contribution in [3.05, 3.63) is 0 Å². The van der Waals surface area contributed by atoms with E-state index < -0.39 is 5.60 Å². The zero-order chi connectivity index (χ0) is 14.8. The molecule has 2 aliphatic rings. The van der Waals surface area contributed by atoms with Crippen molar-refractivity contribution >= 4 is 27.8 Å². The van der Waals surface area contributed by atoms with Crippen LogP contribution < -0.4 is 0 Å². The minimum atomic E-state index is -1.04. The summed E-state index contributed by atoms with van der Waals surface area (Å²) in [6, 6.07) is -0.338. The first-order valence-electron chi connectivity index (χ1n) is 7.68. The molecule has 20 heavy (non-hydrogen) atoms. The van der Waals surface area contributed by atoms with Crippen molar-refractivity contribution in [3.8, 4) is 0 Å². The van der Waals surface area contributed by atoms with Gasteiger partial charge in [-0.1, -0.05) is 48.5 Å². The SMILES string of the molecule is CCCCCC[C@@H](Br)[C@@]1(C)OC(=O)[C@@H]2CCCN2C1=O. The van der Waals surface area contributed by atoms with E-state index in [0.29, 0.717) is 6.54 Å². The zero-order valence-corrected chi connectivity index (χ0v) is 13.9. The first-order chi connectivity index (χ1) is 9.50. The van der Waals surface area contributed by atoms with Crippen molar-refractivity contribution in [1.82, 2.24) is 4.90 Å². The lowest BCUT2D eigenvalue weighted by atomic mass is 9.93. The number of cyclic esters (lactones) is 1. The number of morpholine rings is 1. The second kappa shape index (κ2) is 6.46. The van der Waals surface area contributed by atoms with E-state index >= 15 is 0 Å². The van der Waals surface area contributed by atoms with Crippen molar-refractivity contribution in [2.75, 3.05) is 6.54 Å². The normalized spacial score (nSPS) is 31.1. The molecule has 2 saturated heterocycles. The lowest BCUT2D eigenvalue weighted by Gasteiger charge is -2.42. The summed E-state index contributed by atoms with van der Waals surface area (Å²) in [5.41, 5.74) is -1.04. The highest BCUT2D eigenvalue weighted by atomic mass is 79.9. The van der Waals surface area contributed by atoms with E-state index in [4.69, 9.17) is 4.74 Å². The van der Waals surface area contributed by atoms with Crippen LogP contribution in [0.3, 0.4) is 0 Å². The summed E-state index contributed by atoms with van der Waals surface area (Å²) in [6.07, 6.45) is 7.09. The van der Waals surface area contributed by atoms with E-state index in [0.717, 1.165) is 32.1 Å². The number of hydrogen-bond acceptors (Lipinski definition) is 3. The average Bonchev–Trinajstić information content (AvgIpc) is 2.91.